The maximum absolute atomic E-state index is 11.6. The van der Waals surface area contributed by atoms with Crippen molar-refractivity contribution in [2.24, 2.45) is 0 Å². The van der Waals surface area contributed by atoms with E-state index in [1.807, 2.05) is 66.7 Å². The van der Waals surface area contributed by atoms with Gasteiger partial charge in [0.25, 0.3) is 0 Å². The van der Waals surface area contributed by atoms with E-state index in [1.165, 1.54) is 0 Å². The quantitative estimate of drug-likeness (QED) is 0.609. The summed E-state index contributed by atoms with van der Waals surface area (Å²) in [6.07, 6.45) is 0. The largest absolute Gasteiger partial charge is 0.418 e. The number of pyridine rings is 1. The molecule has 4 rings (SSSR count). The van der Waals surface area contributed by atoms with Crippen LogP contribution in [0.3, 0.4) is 0 Å². The van der Waals surface area contributed by atoms with Crippen molar-refractivity contribution in [1.29, 1.82) is 0 Å². The second kappa shape index (κ2) is 5.00. The smallest absolute Gasteiger partial charge is 0.389 e. The summed E-state index contributed by atoms with van der Waals surface area (Å²) in [5.41, 5.74) is 4.60. The van der Waals surface area contributed by atoms with E-state index in [-0.39, 0.29) is 0 Å². The SMILES string of the molecule is O=c1[nH]c2c(-c3ccccc3)cc(-c3ccccc3)nc2o1. The highest BCUT2D eigenvalue weighted by atomic mass is 16.4. The first kappa shape index (κ1) is 12.6. The monoisotopic (exact) mass is 288 g/mol. The number of fused-ring (bicyclic) bond motifs is 1. The predicted molar refractivity (Wildman–Crippen MR) is 85.5 cm³/mol. The molecule has 4 aromatic rings. The van der Waals surface area contributed by atoms with Crippen molar-refractivity contribution in [2.75, 3.05) is 0 Å². The van der Waals surface area contributed by atoms with Gasteiger partial charge in [0.2, 0.25) is 5.71 Å². The highest BCUT2D eigenvalue weighted by Gasteiger charge is 2.13. The Kier molecular flexibility index (Phi) is 2.86. The number of oxazole rings is 1. The fourth-order valence-corrected chi connectivity index (χ4v) is 2.53. The molecule has 0 aliphatic heterocycles. The molecule has 2 aromatic carbocycles. The number of hydrogen-bond donors (Lipinski definition) is 1. The molecule has 0 aliphatic carbocycles. The Bertz CT molecular complexity index is 986. The lowest BCUT2D eigenvalue weighted by Gasteiger charge is -2.06. The molecule has 4 heteroatoms. The molecule has 0 amide bonds. The van der Waals surface area contributed by atoms with Crippen molar-refractivity contribution in [3.63, 3.8) is 0 Å². The first-order valence-electron chi connectivity index (χ1n) is 6.96. The van der Waals surface area contributed by atoms with E-state index in [2.05, 4.69) is 9.97 Å². The van der Waals surface area contributed by atoms with Gasteiger partial charge in [-0.15, -0.1) is 0 Å². The van der Waals surface area contributed by atoms with Crippen molar-refractivity contribution >= 4 is 11.2 Å². The van der Waals surface area contributed by atoms with Gasteiger partial charge in [0.15, 0.2) is 0 Å². The van der Waals surface area contributed by atoms with Gasteiger partial charge in [-0.05, 0) is 11.6 Å². The molecular formula is C18H12N2O2. The van der Waals surface area contributed by atoms with Crippen molar-refractivity contribution in [3.05, 3.63) is 77.3 Å². The van der Waals surface area contributed by atoms with Crippen LogP contribution in [0.1, 0.15) is 0 Å². The molecule has 0 radical (unpaired) electrons. The van der Waals surface area contributed by atoms with Gasteiger partial charge in [-0.2, -0.15) is 0 Å². The number of nitrogens with one attached hydrogen (secondary N) is 1. The summed E-state index contributed by atoms with van der Waals surface area (Å²) < 4.78 is 5.17. The number of benzene rings is 2. The van der Waals surface area contributed by atoms with Crippen LogP contribution in [-0.2, 0) is 0 Å². The lowest BCUT2D eigenvalue weighted by atomic mass is 10.0. The Labute approximate surface area is 126 Å². The third-order valence-corrected chi connectivity index (χ3v) is 3.56. The second-order valence-corrected chi connectivity index (χ2v) is 4.98. The highest BCUT2D eigenvalue weighted by molar-refractivity contribution is 5.91. The molecule has 0 aliphatic rings. The van der Waals surface area contributed by atoms with Gasteiger partial charge in [-0.1, -0.05) is 60.7 Å². The van der Waals surface area contributed by atoms with E-state index >= 15 is 0 Å². The summed E-state index contributed by atoms with van der Waals surface area (Å²) in [7, 11) is 0. The Morgan fingerprint density at radius 1 is 0.864 bits per heavy atom. The summed E-state index contributed by atoms with van der Waals surface area (Å²) in [6.45, 7) is 0. The minimum atomic E-state index is -0.495. The van der Waals surface area contributed by atoms with E-state index in [0.29, 0.717) is 11.2 Å². The number of nitrogens with zero attached hydrogens (tertiary/aromatic N) is 1. The molecule has 22 heavy (non-hydrogen) atoms. The lowest BCUT2D eigenvalue weighted by Crippen LogP contribution is -1.93. The summed E-state index contributed by atoms with van der Waals surface area (Å²) >= 11 is 0. The average molecular weight is 288 g/mol. The van der Waals surface area contributed by atoms with Gasteiger partial charge in [0.1, 0.15) is 5.52 Å². The van der Waals surface area contributed by atoms with E-state index in [1.54, 1.807) is 0 Å². The molecule has 106 valence electrons. The third-order valence-electron chi connectivity index (χ3n) is 3.56. The molecule has 0 saturated heterocycles. The molecule has 2 aromatic heterocycles. The molecule has 2 heterocycles. The van der Waals surface area contributed by atoms with E-state index in [4.69, 9.17) is 4.42 Å². The van der Waals surface area contributed by atoms with Gasteiger partial charge in [0.05, 0.1) is 5.69 Å². The van der Waals surface area contributed by atoms with Crippen LogP contribution in [0, 0.1) is 0 Å². The first-order chi connectivity index (χ1) is 10.8. The van der Waals surface area contributed by atoms with Crippen LogP contribution in [0.15, 0.2) is 75.9 Å². The molecular weight excluding hydrogens is 276 g/mol. The third kappa shape index (κ3) is 2.11. The normalized spacial score (nSPS) is 10.9. The second-order valence-electron chi connectivity index (χ2n) is 4.98. The molecule has 0 atom stereocenters. The Hall–Kier alpha value is -3.14. The number of aromatic amines is 1. The Balaban J connectivity index is 2.04. The topological polar surface area (TPSA) is 58.9 Å². The predicted octanol–water partition coefficient (Wildman–Crippen LogP) is 3.85. The molecule has 0 saturated carbocycles. The van der Waals surface area contributed by atoms with E-state index < -0.39 is 5.76 Å². The van der Waals surface area contributed by atoms with Gasteiger partial charge in [-0.3, -0.25) is 4.98 Å². The maximum atomic E-state index is 11.6. The first-order valence-corrected chi connectivity index (χ1v) is 6.96. The zero-order valence-corrected chi connectivity index (χ0v) is 11.6. The molecule has 0 fully saturated rings. The molecule has 0 unspecified atom stereocenters. The van der Waals surface area contributed by atoms with Crippen molar-refractivity contribution < 1.29 is 4.42 Å². The number of hydrogen-bond acceptors (Lipinski definition) is 3. The summed E-state index contributed by atoms with van der Waals surface area (Å²) in [5, 5.41) is 0. The highest BCUT2D eigenvalue weighted by Crippen LogP contribution is 2.30. The fourth-order valence-electron chi connectivity index (χ4n) is 2.53. The summed E-state index contributed by atoms with van der Waals surface area (Å²) in [6, 6.07) is 21.7. The van der Waals surface area contributed by atoms with Gasteiger partial charge in [-0.25, -0.2) is 9.78 Å². The summed E-state index contributed by atoms with van der Waals surface area (Å²) in [5.74, 6) is -0.495. The minimum Gasteiger partial charge on any atom is -0.389 e. The van der Waals surface area contributed by atoms with Crippen LogP contribution in [-0.4, -0.2) is 9.97 Å². The van der Waals surface area contributed by atoms with Gasteiger partial charge >= 0.3 is 5.76 Å². The number of aromatic nitrogens is 2. The van der Waals surface area contributed by atoms with Gasteiger partial charge in [0, 0.05) is 11.1 Å². The van der Waals surface area contributed by atoms with Crippen LogP contribution in [0.2, 0.25) is 0 Å². The lowest BCUT2D eigenvalue weighted by molar-refractivity contribution is 0.546. The molecule has 1 N–H and O–H groups in total. The van der Waals surface area contributed by atoms with Crippen LogP contribution >= 0.6 is 0 Å². The van der Waals surface area contributed by atoms with Crippen LogP contribution in [0.5, 0.6) is 0 Å². The summed E-state index contributed by atoms with van der Waals surface area (Å²) in [4.78, 5) is 18.7. The molecule has 0 spiro atoms. The Morgan fingerprint density at radius 2 is 1.50 bits per heavy atom. The molecule has 4 nitrogen and oxygen atoms in total. The zero-order valence-electron chi connectivity index (χ0n) is 11.6. The molecule has 0 bridgehead atoms. The number of rotatable bonds is 2. The zero-order chi connectivity index (χ0) is 14.9. The number of H-pyrrole nitrogens is 1. The maximum Gasteiger partial charge on any atom is 0.418 e. The fraction of sp³-hybridized carbons (Fsp3) is 0. The van der Waals surface area contributed by atoms with Crippen molar-refractivity contribution in [2.45, 2.75) is 0 Å². The van der Waals surface area contributed by atoms with E-state index in [9.17, 15) is 4.79 Å². The average Bonchev–Trinajstić information content (AvgIpc) is 2.95. The van der Waals surface area contributed by atoms with Crippen LogP contribution in [0.25, 0.3) is 33.6 Å². The van der Waals surface area contributed by atoms with Crippen LogP contribution in [0.4, 0.5) is 0 Å². The van der Waals surface area contributed by atoms with E-state index in [0.717, 1.165) is 22.4 Å². The minimum absolute atomic E-state index is 0.324. The van der Waals surface area contributed by atoms with Gasteiger partial charge < -0.3 is 4.42 Å². The standard InChI is InChI=1S/C18H12N2O2/c21-18-20-16-14(12-7-3-1-4-8-12)11-15(19-17(16)22-18)13-9-5-2-6-10-13/h1-11H,(H,20,21). The van der Waals surface area contributed by atoms with Crippen molar-refractivity contribution in [1.82, 2.24) is 9.97 Å². The van der Waals surface area contributed by atoms with Crippen LogP contribution < -0.4 is 5.76 Å². The van der Waals surface area contributed by atoms with Crippen molar-refractivity contribution in [3.8, 4) is 22.4 Å². The Morgan fingerprint density at radius 3 is 2.18 bits per heavy atom.